The first-order valence-electron chi connectivity index (χ1n) is 6.33. The summed E-state index contributed by atoms with van der Waals surface area (Å²) in [7, 11) is 0. The highest BCUT2D eigenvalue weighted by Crippen LogP contribution is 2.27. The highest BCUT2D eigenvalue weighted by Gasteiger charge is 2.17. The zero-order valence-electron chi connectivity index (χ0n) is 11.6. The smallest absolute Gasteiger partial charge is 0.306 e. The summed E-state index contributed by atoms with van der Waals surface area (Å²) >= 11 is 5.80. The fourth-order valence-electron chi connectivity index (χ4n) is 1.77. The van der Waals surface area contributed by atoms with Crippen LogP contribution in [-0.2, 0) is 11.3 Å². The van der Waals surface area contributed by atoms with Gasteiger partial charge in [0.05, 0.1) is 23.1 Å². The van der Waals surface area contributed by atoms with Crippen molar-refractivity contribution < 1.29 is 14.8 Å². The summed E-state index contributed by atoms with van der Waals surface area (Å²) in [6, 6.07) is 4.30. The lowest BCUT2D eigenvalue weighted by atomic mass is 10.1. The van der Waals surface area contributed by atoms with Crippen LogP contribution < -0.4 is 5.32 Å². The zero-order chi connectivity index (χ0) is 16.3. The van der Waals surface area contributed by atoms with Gasteiger partial charge in [-0.05, 0) is 18.2 Å². The summed E-state index contributed by atoms with van der Waals surface area (Å²) in [4.78, 5) is 22.1. The number of halogens is 1. The highest BCUT2D eigenvalue weighted by atomic mass is 35.5. The Morgan fingerprint density at radius 1 is 1.59 bits per heavy atom. The number of carbonyl (C=O) groups excluding carboxylic acids is 1. The lowest BCUT2D eigenvalue weighted by Crippen LogP contribution is -2.24. The number of benzene rings is 1. The van der Waals surface area contributed by atoms with Gasteiger partial charge in [0, 0.05) is 5.02 Å². The Balaban J connectivity index is 2.02. The van der Waals surface area contributed by atoms with Gasteiger partial charge in [-0.15, -0.1) is 0 Å². The number of aromatic hydroxyl groups is 1. The molecule has 1 unspecified atom stereocenters. The third kappa shape index (κ3) is 3.73. The van der Waals surface area contributed by atoms with Gasteiger partial charge in [0.2, 0.25) is 5.91 Å². The van der Waals surface area contributed by atoms with Gasteiger partial charge in [0.1, 0.15) is 18.1 Å². The molecule has 0 bridgehead atoms. The predicted molar refractivity (Wildman–Crippen MR) is 79.8 cm³/mol. The van der Waals surface area contributed by atoms with E-state index in [4.69, 9.17) is 11.6 Å². The van der Waals surface area contributed by atoms with Gasteiger partial charge in [0.15, 0.2) is 0 Å². The third-order valence-corrected chi connectivity index (χ3v) is 3.19. The molecule has 2 aromatic rings. The number of nitrogens with one attached hydrogen (secondary N) is 1. The van der Waals surface area contributed by atoms with Gasteiger partial charge in [-0.3, -0.25) is 19.6 Å². The SMILES string of the molecule is CC(Cn1cc([N+](=O)[O-])cn1)C(=O)Nc1cc(Cl)ccc1O. The van der Waals surface area contributed by atoms with Crippen LogP contribution in [0.2, 0.25) is 5.02 Å². The number of hydrogen-bond acceptors (Lipinski definition) is 5. The van der Waals surface area contributed by atoms with Crippen molar-refractivity contribution in [3.8, 4) is 5.75 Å². The van der Waals surface area contributed by atoms with Crippen LogP contribution >= 0.6 is 11.6 Å². The summed E-state index contributed by atoms with van der Waals surface area (Å²) in [6.07, 6.45) is 2.37. The van der Waals surface area contributed by atoms with E-state index < -0.39 is 10.8 Å². The van der Waals surface area contributed by atoms with E-state index in [2.05, 4.69) is 10.4 Å². The first kappa shape index (κ1) is 15.8. The van der Waals surface area contributed by atoms with E-state index in [1.807, 2.05) is 0 Å². The van der Waals surface area contributed by atoms with Gasteiger partial charge in [-0.2, -0.15) is 5.10 Å². The van der Waals surface area contributed by atoms with E-state index in [9.17, 15) is 20.0 Å². The summed E-state index contributed by atoms with van der Waals surface area (Å²) in [6.45, 7) is 1.81. The molecule has 2 N–H and O–H groups in total. The molecular weight excluding hydrogens is 312 g/mol. The number of hydrogen-bond donors (Lipinski definition) is 2. The molecule has 0 saturated heterocycles. The van der Waals surface area contributed by atoms with E-state index in [0.29, 0.717) is 5.02 Å². The summed E-state index contributed by atoms with van der Waals surface area (Å²) in [5, 5.41) is 27.0. The van der Waals surface area contributed by atoms with Crippen molar-refractivity contribution in [2.75, 3.05) is 5.32 Å². The molecule has 116 valence electrons. The van der Waals surface area contributed by atoms with Gasteiger partial charge < -0.3 is 10.4 Å². The van der Waals surface area contributed by atoms with Crippen molar-refractivity contribution in [2.24, 2.45) is 5.92 Å². The van der Waals surface area contributed by atoms with Crippen LogP contribution in [0.3, 0.4) is 0 Å². The van der Waals surface area contributed by atoms with Gasteiger partial charge in [-0.25, -0.2) is 0 Å². The van der Waals surface area contributed by atoms with E-state index in [1.165, 1.54) is 29.1 Å². The molecule has 0 aliphatic heterocycles. The summed E-state index contributed by atoms with van der Waals surface area (Å²) in [5.74, 6) is -0.978. The van der Waals surface area contributed by atoms with E-state index in [1.54, 1.807) is 6.92 Å². The van der Waals surface area contributed by atoms with Crippen LogP contribution in [0.25, 0.3) is 0 Å². The van der Waals surface area contributed by atoms with Gasteiger partial charge >= 0.3 is 5.69 Å². The number of nitrogens with zero attached hydrogens (tertiary/aromatic N) is 3. The number of amides is 1. The number of nitro groups is 1. The minimum Gasteiger partial charge on any atom is -0.506 e. The molecule has 0 aliphatic carbocycles. The first-order chi connectivity index (χ1) is 10.4. The number of rotatable bonds is 5. The highest BCUT2D eigenvalue weighted by molar-refractivity contribution is 6.31. The van der Waals surface area contributed by atoms with Crippen molar-refractivity contribution in [2.45, 2.75) is 13.5 Å². The minimum atomic E-state index is -0.557. The largest absolute Gasteiger partial charge is 0.506 e. The fraction of sp³-hybridized carbons (Fsp3) is 0.231. The molecule has 1 atom stereocenters. The third-order valence-electron chi connectivity index (χ3n) is 2.96. The molecule has 1 heterocycles. The van der Waals surface area contributed by atoms with Gasteiger partial charge in [-0.1, -0.05) is 18.5 Å². The fourth-order valence-corrected chi connectivity index (χ4v) is 1.95. The maximum atomic E-state index is 12.1. The predicted octanol–water partition coefficient (Wildman–Crippen LogP) is 2.43. The second-order valence-electron chi connectivity index (χ2n) is 4.73. The Kier molecular flexibility index (Phi) is 4.62. The molecule has 2 rings (SSSR count). The molecule has 0 saturated carbocycles. The van der Waals surface area contributed by atoms with Crippen molar-refractivity contribution in [1.29, 1.82) is 0 Å². The number of carbonyl (C=O) groups is 1. The zero-order valence-corrected chi connectivity index (χ0v) is 12.3. The molecule has 0 fully saturated rings. The van der Waals surface area contributed by atoms with Gasteiger partial charge in [0.25, 0.3) is 0 Å². The summed E-state index contributed by atoms with van der Waals surface area (Å²) < 4.78 is 1.32. The Bertz CT molecular complexity index is 716. The number of anilines is 1. The van der Waals surface area contributed by atoms with Crippen molar-refractivity contribution in [1.82, 2.24) is 9.78 Å². The molecule has 8 nitrogen and oxygen atoms in total. The first-order valence-corrected chi connectivity index (χ1v) is 6.71. The lowest BCUT2D eigenvalue weighted by molar-refractivity contribution is -0.385. The molecule has 9 heteroatoms. The topological polar surface area (TPSA) is 110 Å². The Labute approximate surface area is 130 Å². The minimum absolute atomic E-state index is 0.0975. The van der Waals surface area contributed by atoms with E-state index in [0.717, 1.165) is 6.20 Å². The maximum Gasteiger partial charge on any atom is 0.306 e. The monoisotopic (exact) mass is 324 g/mol. The Morgan fingerprint density at radius 3 is 2.95 bits per heavy atom. The Morgan fingerprint density at radius 2 is 2.32 bits per heavy atom. The number of phenols is 1. The van der Waals surface area contributed by atoms with Crippen LogP contribution in [0, 0.1) is 16.0 Å². The molecule has 0 spiro atoms. The van der Waals surface area contributed by atoms with E-state index in [-0.39, 0.29) is 29.6 Å². The van der Waals surface area contributed by atoms with Crippen LogP contribution in [0.4, 0.5) is 11.4 Å². The Hall–Kier alpha value is -2.61. The summed E-state index contributed by atoms with van der Waals surface area (Å²) in [5.41, 5.74) is 0.0656. The van der Waals surface area contributed by atoms with Crippen LogP contribution in [0.1, 0.15) is 6.92 Å². The normalized spacial score (nSPS) is 11.9. The average molecular weight is 325 g/mol. The van der Waals surface area contributed by atoms with Crippen LogP contribution in [0.15, 0.2) is 30.6 Å². The number of phenolic OH excluding ortho intramolecular Hbond substituents is 1. The molecule has 1 aromatic heterocycles. The van der Waals surface area contributed by atoms with Crippen molar-refractivity contribution in [3.05, 3.63) is 45.7 Å². The average Bonchev–Trinajstić information content (AvgIpc) is 2.91. The molecular formula is C13H13ClN4O4. The second-order valence-corrected chi connectivity index (χ2v) is 5.17. The van der Waals surface area contributed by atoms with Crippen LogP contribution in [0.5, 0.6) is 5.75 Å². The van der Waals surface area contributed by atoms with Crippen molar-refractivity contribution >= 4 is 28.9 Å². The standard InChI is InChI=1S/C13H13ClN4O4/c1-8(6-17-7-10(5-15-17)18(21)22)13(20)16-11-4-9(14)2-3-12(11)19/h2-5,7-8,19H,6H2,1H3,(H,16,20). The van der Waals surface area contributed by atoms with Crippen LogP contribution in [-0.4, -0.2) is 25.7 Å². The quantitative estimate of drug-likeness (QED) is 0.498. The molecule has 0 radical (unpaired) electrons. The molecule has 0 aliphatic rings. The number of aromatic nitrogens is 2. The van der Waals surface area contributed by atoms with Crippen molar-refractivity contribution in [3.63, 3.8) is 0 Å². The maximum absolute atomic E-state index is 12.1. The molecule has 22 heavy (non-hydrogen) atoms. The second kappa shape index (κ2) is 6.44. The van der Waals surface area contributed by atoms with E-state index >= 15 is 0 Å². The molecule has 1 amide bonds. The lowest BCUT2D eigenvalue weighted by Gasteiger charge is -2.13. The molecule has 1 aromatic carbocycles.